The van der Waals surface area contributed by atoms with E-state index in [-0.39, 0.29) is 17.2 Å². The van der Waals surface area contributed by atoms with E-state index in [0.717, 1.165) is 24.3 Å². The molecule has 35 heavy (non-hydrogen) atoms. The van der Waals surface area contributed by atoms with Gasteiger partial charge in [0, 0.05) is 18.8 Å². The lowest BCUT2D eigenvalue weighted by Gasteiger charge is -2.15. The Morgan fingerprint density at radius 2 is 1.69 bits per heavy atom. The Kier molecular flexibility index (Phi) is 6.33. The summed E-state index contributed by atoms with van der Waals surface area (Å²) < 4.78 is 67.2. The van der Waals surface area contributed by atoms with Crippen molar-refractivity contribution in [1.29, 1.82) is 0 Å². The number of nitrogens with zero attached hydrogens (tertiary/aromatic N) is 4. The topological polar surface area (TPSA) is 72.7 Å². The van der Waals surface area contributed by atoms with E-state index in [0.29, 0.717) is 16.7 Å². The number of aromatic nitrogens is 4. The standard InChI is InChI=1S/C24H18F5N5O/c1-13(15-5-8-18(25)19(26)9-15)31-23(35)21-10-20(14-3-6-17(7-4-14)24(27,28)29)32-22(33-21)16-11-30-34(2)12-16/h3-13H,1-2H3,(H,31,35). The number of benzene rings is 2. The summed E-state index contributed by atoms with van der Waals surface area (Å²) in [6.07, 6.45) is -1.39. The number of aryl methyl sites for hydroxylation is 1. The molecule has 4 aromatic rings. The summed E-state index contributed by atoms with van der Waals surface area (Å²) in [6, 6.07) is 8.29. The van der Waals surface area contributed by atoms with Crippen molar-refractivity contribution in [3.8, 4) is 22.6 Å². The van der Waals surface area contributed by atoms with Crippen LogP contribution in [0.1, 0.15) is 34.6 Å². The van der Waals surface area contributed by atoms with E-state index >= 15 is 0 Å². The predicted molar refractivity (Wildman–Crippen MR) is 117 cm³/mol. The molecule has 0 spiro atoms. The summed E-state index contributed by atoms with van der Waals surface area (Å²) in [6.45, 7) is 1.59. The van der Waals surface area contributed by atoms with Gasteiger partial charge in [0.1, 0.15) is 5.69 Å². The van der Waals surface area contributed by atoms with E-state index in [2.05, 4.69) is 20.4 Å². The Labute approximate surface area is 196 Å². The lowest BCUT2D eigenvalue weighted by atomic mass is 10.1. The van der Waals surface area contributed by atoms with Gasteiger partial charge in [-0.15, -0.1) is 0 Å². The Balaban J connectivity index is 1.70. The molecule has 0 aliphatic rings. The fourth-order valence-electron chi connectivity index (χ4n) is 3.34. The summed E-state index contributed by atoms with van der Waals surface area (Å²) in [7, 11) is 1.68. The molecule has 0 aliphatic heterocycles. The fourth-order valence-corrected chi connectivity index (χ4v) is 3.34. The van der Waals surface area contributed by atoms with Crippen molar-refractivity contribution >= 4 is 5.91 Å². The number of rotatable bonds is 5. The van der Waals surface area contributed by atoms with Crippen LogP contribution in [0.25, 0.3) is 22.6 Å². The third-order valence-corrected chi connectivity index (χ3v) is 5.22. The van der Waals surface area contributed by atoms with Gasteiger partial charge in [0.2, 0.25) is 0 Å². The maximum atomic E-state index is 13.6. The van der Waals surface area contributed by atoms with E-state index in [9.17, 15) is 26.7 Å². The van der Waals surface area contributed by atoms with Crippen LogP contribution >= 0.6 is 0 Å². The van der Waals surface area contributed by atoms with Gasteiger partial charge in [-0.25, -0.2) is 18.7 Å². The average molecular weight is 487 g/mol. The second-order valence-electron chi connectivity index (χ2n) is 7.81. The minimum absolute atomic E-state index is 0.0665. The van der Waals surface area contributed by atoms with E-state index < -0.39 is 35.3 Å². The summed E-state index contributed by atoms with van der Waals surface area (Å²) in [4.78, 5) is 21.7. The van der Waals surface area contributed by atoms with Gasteiger partial charge in [-0.05, 0) is 42.8 Å². The first kappa shape index (κ1) is 24.0. The van der Waals surface area contributed by atoms with E-state index in [1.54, 1.807) is 20.2 Å². The Bertz CT molecular complexity index is 1380. The van der Waals surface area contributed by atoms with Crippen molar-refractivity contribution < 1.29 is 26.7 Å². The monoisotopic (exact) mass is 487 g/mol. The van der Waals surface area contributed by atoms with Crippen LogP contribution in [0.2, 0.25) is 0 Å². The van der Waals surface area contributed by atoms with Gasteiger partial charge in [-0.3, -0.25) is 9.48 Å². The molecule has 1 amide bonds. The van der Waals surface area contributed by atoms with Gasteiger partial charge in [0.25, 0.3) is 5.91 Å². The van der Waals surface area contributed by atoms with Gasteiger partial charge >= 0.3 is 6.18 Å². The van der Waals surface area contributed by atoms with Crippen LogP contribution in [0.4, 0.5) is 22.0 Å². The van der Waals surface area contributed by atoms with Crippen LogP contribution < -0.4 is 5.32 Å². The van der Waals surface area contributed by atoms with Gasteiger partial charge in [0.15, 0.2) is 17.5 Å². The van der Waals surface area contributed by atoms with Gasteiger partial charge in [0.05, 0.1) is 29.1 Å². The van der Waals surface area contributed by atoms with Crippen LogP contribution in [-0.2, 0) is 13.2 Å². The molecule has 180 valence electrons. The first-order valence-corrected chi connectivity index (χ1v) is 10.3. The molecular formula is C24H18F5N5O. The summed E-state index contributed by atoms with van der Waals surface area (Å²) >= 11 is 0. The molecule has 1 atom stereocenters. The van der Waals surface area contributed by atoms with Crippen LogP contribution in [-0.4, -0.2) is 25.7 Å². The van der Waals surface area contributed by atoms with Gasteiger partial charge < -0.3 is 5.32 Å². The van der Waals surface area contributed by atoms with E-state index in [1.165, 1.54) is 35.1 Å². The maximum Gasteiger partial charge on any atom is 0.416 e. The SMILES string of the molecule is CC(NC(=O)c1cc(-c2ccc(C(F)(F)F)cc2)nc(-c2cnn(C)c2)n1)c1ccc(F)c(F)c1. The van der Waals surface area contributed by atoms with Crippen molar-refractivity contribution in [3.63, 3.8) is 0 Å². The normalized spacial score (nSPS) is 12.4. The number of amides is 1. The van der Waals surface area contributed by atoms with Crippen molar-refractivity contribution in [3.05, 3.63) is 89.4 Å². The van der Waals surface area contributed by atoms with Crippen molar-refractivity contribution in [1.82, 2.24) is 25.1 Å². The zero-order chi connectivity index (χ0) is 25.3. The number of alkyl halides is 3. The quantitative estimate of drug-likeness (QED) is 0.386. The average Bonchev–Trinajstić information content (AvgIpc) is 3.26. The molecular weight excluding hydrogens is 469 g/mol. The fraction of sp³-hybridized carbons (Fsp3) is 0.167. The van der Waals surface area contributed by atoms with Crippen LogP contribution in [0.3, 0.4) is 0 Å². The zero-order valence-corrected chi connectivity index (χ0v) is 18.4. The summed E-state index contributed by atoms with van der Waals surface area (Å²) in [5, 5.41) is 6.72. The maximum absolute atomic E-state index is 13.6. The number of carbonyl (C=O) groups excluding carboxylic acids is 1. The zero-order valence-electron chi connectivity index (χ0n) is 18.4. The minimum Gasteiger partial charge on any atom is -0.344 e. The smallest absolute Gasteiger partial charge is 0.344 e. The molecule has 1 unspecified atom stereocenters. The van der Waals surface area contributed by atoms with E-state index in [1.807, 2.05) is 0 Å². The highest BCUT2D eigenvalue weighted by molar-refractivity contribution is 5.94. The molecule has 1 N–H and O–H groups in total. The largest absolute Gasteiger partial charge is 0.416 e. The first-order valence-electron chi connectivity index (χ1n) is 10.3. The molecule has 2 heterocycles. The lowest BCUT2D eigenvalue weighted by molar-refractivity contribution is -0.137. The third kappa shape index (κ3) is 5.34. The Hall–Kier alpha value is -4.15. The minimum atomic E-state index is -4.49. The number of nitrogens with one attached hydrogen (secondary N) is 1. The highest BCUT2D eigenvalue weighted by Gasteiger charge is 2.30. The molecule has 2 aromatic heterocycles. The molecule has 6 nitrogen and oxygen atoms in total. The second kappa shape index (κ2) is 9.24. The first-order chi connectivity index (χ1) is 16.5. The molecule has 0 aliphatic carbocycles. The molecule has 0 bridgehead atoms. The van der Waals surface area contributed by atoms with Crippen molar-refractivity contribution in [2.75, 3.05) is 0 Å². The highest BCUT2D eigenvalue weighted by Crippen LogP contribution is 2.31. The van der Waals surface area contributed by atoms with Crippen molar-refractivity contribution in [2.45, 2.75) is 19.1 Å². The summed E-state index contributed by atoms with van der Waals surface area (Å²) in [5.74, 6) is -2.55. The molecule has 0 radical (unpaired) electrons. The number of hydrogen-bond donors (Lipinski definition) is 1. The van der Waals surface area contributed by atoms with Crippen molar-refractivity contribution in [2.24, 2.45) is 7.05 Å². The molecule has 0 saturated heterocycles. The number of halogens is 5. The van der Waals surface area contributed by atoms with Crippen LogP contribution in [0.15, 0.2) is 60.9 Å². The van der Waals surface area contributed by atoms with Gasteiger partial charge in [-0.1, -0.05) is 18.2 Å². The Morgan fingerprint density at radius 1 is 0.971 bits per heavy atom. The Morgan fingerprint density at radius 3 is 2.29 bits per heavy atom. The molecule has 11 heteroatoms. The highest BCUT2D eigenvalue weighted by atomic mass is 19.4. The van der Waals surface area contributed by atoms with Gasteiger partial charge in [-0.2, -0.15) is 18.3 Å². The third-order valence-electron chi connectivity index (χ3n) is 5.22. The number of hydrogen-bond acceptors (Lipinski definition) is 4. The van der Waals surface area contributed by atoms with Crippen LogP contribution in [0, 0.1) is 11.6 Å². The predicted octanol–water partition coefficient (Wildman–Crippen LogP) is 5.33. The second-order valence-corrected chi connectivity index (χ2v) is 7.81. The summed E-state index contributed by atoms with van der Waals surface area (Å²) in [5.41, 5.74) is 0.501. The molecule has 0 fully saturated rings. The number of carbonyl (C=O) groups is 1. The van der Waals surface area contributed by atoms with E-state index in [4.69, 9.17) is 0 Å². The molecule has 4 rings (SSSR count). The molecule has 0 saturated carbocycles. The van der Waals surface area contributed by atoms with Crippen LogP contribution in [0.5, 0.6) is 0 Å². The molecule has 2 aromatic carbocycles. The lowest BCUT2D eigenvalue weighted by Crippen LogP contribution is -2.28.